The van der Waals surface area contributed by atoms with Crippen LogP contribution in [0.25, 0.3) is 0 Å². The van der Waals surface area contributed by atoms with Crippen molar-refractivity contribution in [3.63, 3.8) is 0 Å². The molecule has 0 spiro atoms. The van der Waals surface area contributed by atoms with Crippen LogP contribution in [0, 0.1) is 5.41 Å². The van der Waals surface area contributed by atoms with Crippen LogP contribution in [-0.2, 0) is 0 Å². The van der Waals surface area contributed by atoms with Crippen molar-refractivity contribution in [2.24, 2.45) is 5.41 Å². The number of aliphatic hydroxyl groups is 1. The fourth-order valence-corrected chi connectivity index (χ4v) is 1.47. The number of nitrogens with zero attached hydrogens (tertiary/aromatic N) is 1. The van der Waals surface area contributed by atoms with Gasteiger partial charge in [0.25, 0.3) is 0 Å². The van der Waals surface area contributed by atoms with Gasteiger partial charge in [-0.25, -0.2) is 0 Å². The second kappa shape index (κ2) is 2.71. The minimum Gasteiger partial charge on any atom is -0.387 e. The Morgan fingerprint density at radius 3 is 1.92 bits per heavy atom. The summed E-state index contributed by atoms with van der Waals surface area (Å²) in [6.45, 7) is 12.3. The van der Waals surface area contributed by atoms with E-state index in [4.69, 9.17) is 0 Å². The van der Waals surface area contributed by atoms with Gasteiger partial charge in [-0.05, 0) is 19.3 Å². The third-order valence-electron chi connectivity index (χ3n) is 3.06. The highest BCUT2D eigenvalue weighted by atomic mass is 16.3. The minimum absolute atomic E-state index is 0.0123. The summed E-state index contributed by atoms with van der Waals surface area (Å²) in [7, 11) is 0. The first-order valence-corrected chi connectivity index (χ1v) is 4.73. The van der Waals surface area contributed by atoms with Gasteiger partial charge in [-0.2, -0.15) is 0 Å². The van der Waals surface area contributed by atoms with E-state index < -0.39 is 5.60 Å². The standard InChI is InChI=1S/C10H21NO/c1-8(2)11-6-10(12,7-11)9(3,4)5/h8,12H,6-7H2,1-5H3. The maximum absolute atomic E-state index is 10.1. The lowest BCUT2D eigenvalue weighted by Gasteiger charge is -2.55. The summed E-state index contributed by atoms with van der Waals surface area (Å²) in [5.74, 6) is 0. The summed E-state index contributed by atoms with van der Waals surface area (Å²) in [5, 5.41) is 10.1. The Labute approximate surface area is 75.6 Å². The topological polar surface area (TPSA) is 23.5 Å². The van der Waals surface area contributed by atoms with E-state index in [0.29, 0.717) is 6.04 Å². The molecule has 0 atom stereocenters. The maximum Gasteiger partial charge on any atom is 0.0948 e. The Morgan fingerprint density at radius 2 is 1.67 bits per heavy atom. The monoisotopic (exact) mass is 171 g/mol. The van der Waals surface area contributed by atoms with Gasteiger partial charge in [0.2, 0.25) is 0 Å². The normalized spacial score (nSPS) is 24.2. The van der Waals surface area contributed by atoms with Crippen LogP contribution in [0.3, 0.4) is 0 Å². The smallest absolute Gasteiger partial charge is 0.0948 e. The lowest BCUT2D eigenvalue weighted by molar-refractivity contribution is -0.171. The van der Waals surface area contributed by atoms with Gasteiger partial charge in [0.1, 0.15) is 0 Å². The summed E-state index contributed by atoms with van der Waals surface area (Å²) in [5.41, 5.74) is -0.449. The van der Waals surface area contributed by atoms with Crippen molar-refractivity contribution in [3.05, 3.63) is 0 Å². The van der Waals surface area contributed by atoms with Crippen molar-refractivity contribution in [2.45, 2.75) is 46.3 Å². The molecule has 1 saturated heterocycles. The molecule has 0 aromatic heterocycles. The van der Waals surface area contributed by atoms with E-state index in [2.05, 4.69) is 39.5 Å². The van der Waals surface area contributed by atoms with Crippen molar-refractivity contribution in [2.75, 3.05) is 13.1 Å². The Balaban J connectivity index is 2.51. The zero-order chi connectivity index (χ0) is 9.57. The number of likely N-dealkylation sites (tertiary alicyclic amines) is 1. The van der Waals surface area contributed by atoms with Crippen LogP contribution in [0.15, 0.2) is 0 Å². The van der Waals surface area contributed by atoms with Gasteiger partial charge in [-0.3, -0.25) is 4.90 Å². The van der Waals surface area contributed by atoms with E-state index in [0.717, 1.165) is 13.1 Å². The van der Waals surface area contributed by atoms with Gasteiger partial charge in [0, 0.05) is 19.1 Å². The van der Waals surface area contributed by atoms with Gasteiger partial charge in [0.05, 0.1) is 5.60 Å². The predicted octanol–water partition coefficient (Wildman–Crippen LogP) is 1.49. The molecule has 1 aliphatic rings. The second-order valence-electron chi connectivity index (χ2n) is 5.28. The molecule has 1 N–H and O–H groups in total. The first kappa shape index (κ1) is 10.0. The van der Waals surface area contributed by atoms with E-state index >= 15 is 0 Å². The third kappa shape index (κ3) is 1.50. The molecule has 0 aliphatic carbocycles. The number of rotatable bonds is 1. The summed E-state index contributed by atoms with van der Waals surface area (Å²) >= 11 is 0. The van der Waals surface area contributed by atoms with Crippen LogP contribution < -0.4 is 0 Å². The van der Waals surface area contributed by atoms with Crippen LogP contribution in [0.2, 0.25) is 0 Å². The number of β-amino-alcohol motifs (C(OH)–C–C–N with tert-alkyl or cyclic N) is 1. The fraction of sp³-hybridized carbons (Fsp3) is 1.00. The molecule has 12 heavy (non-hydrogen) atoms. The third-order valence-corrected chi connectivity index (χ3v) is 3.06. The summed E-state index contributed by atoms with van der Waals surface area (Å²) in [6.07, 6.45) is 0. The fourth-order valence-electron chi connectivity index (χ4n) is 1.47. The largest absolute Gasteiger partial charge is 0.387 e. The first-order valence-electron chi connectivity index (χ1n) is 4.73. The van der Waals surface area contributed by atoms with E-state index in [1.54, 1.807) is 0 Å². The molecule has 0 aromatic rings. The van der Waals surface area contributed by atoms with E-state index in [9.17, 15) is 5.11 Å². The average Bonchev–Trinajstić information content (AvgIpc) is 1.77. The molecule has 1 aliphatic heterocycles. The zero-order valence-electron chi connectivity index (χ0n) is 8.89. The number of hydrogen-bond donors (Lipinski definition) is 1. The maximum atomic E-state index is 10.1. The number of hydrogen-bond acceptors (Lipinski definition) is 2. The van der Waals surface area contributed by atoms with E-state index in [1.807, 2.05) is 0 Å². The highest BCUT2D eigenvalue weighted by molar-refractivity contribution is 5.03. The van der Waals surface area contributed by atoms with Gasteiger partial charge >= 0.3 is 0 Å². The molecule has 0 amide bonds. The molecule has 1 heterocycles. The van der Waals surface area contributed by atoms with E-state index in [1.165, 1.54) is 0 Å². The van der Waals surface area contributed by atoms with Gasteiger partial charge in [-0.1, -0.05) is 20.8 Å². The Kier molecular flexibility index (Phi) is 2.26. The van der Waals surface area contributed by atoms with Crippen LogP contribution in [0.1, 0.15) is 34.6 Å². The Bertz CT molecular complexity index is 163. The Morgan fingerprint density at radius 1 is 1.25 bits per heavy atom. The molecular formula is C10H21NO. The van der Waals surface area contributed by atoms with Gasteiger partial charge < -0.3 is 5.11 Å². The lowest BCUT2D eigenvalue weighted by atomic mass is 9.71. The van der Waals surface area contributed by atoms with E-state index in [-0.39, 0.29) is 5.41 Å². The lowest BCUT2D eigenvalue weighted by Crippen LogP contribution is -2.69. The molecule has 2 nitrogen and oxygen atoms in total. The van der Waals surface area contributed by atoms with Crippen LogP contribution >= 0.6 is 0 Å². The van der Waals surface area contributed by atoms with Crippen LogP contribution in [-0.4, -0.2) is 34.7 Å². The van der Waals surface area contributed by atoms with Crippen molar-refractivity contribution in [1.29, 1.82) is 0 Å². The zero-order valence-corrected chi connectivity index (χ0v) is 8.89. The van der Waals surface area contributed by atoms with Crippen molar-refractivity contribution < 1.29 is 5.11 Å². The molecule has 0 bridgehead atoms. The molecule has 0 aromatic carbocycles. The summed E-state index contributed by atoms with van der Waals surface area (Å²) in [6, 6.07) is 0.563. The van der Waals surface area contributed by atoms with Crippen LogP contribution in [0.5, 0.6) is 0 Å². The molecule has 0 unspecified atom stereocenters. The van der Waals surface area contributed by atoms with Gasteiger partial charge in [-0.15, -0.1) is 0 Å². The van der Waals surface area contributed by atoms with Gasteiger partial charge in [0.15, 0.2) is 0 Å². The molecule has 2 heteroatoms. The summed E-state index contributed by atoms with van der Waals surface area (Å²) in [4.78, 5) is 2.30. The molecule has 0 radical (unpaired) electrons. The Hall–Kier alpha value is -0.0800. The summed E-state index contributed by atoms with van der Waals surface area (Å²) < 4.78 is 0. The van der Waals surface area contributed by atoms with Crippen LogP contribution in [0.4, 0.5) is 0 Å². The highest BCUT2D eigenvalue weighted by Crippen LogP contribution is 2.38. The molecule has 1 rings (SSSR count). The molecule has 1 fully saturated rings. The van der Waals surface area contributed by atoms with Crippen molar-refractivity contribution in [3.8, 4) is 0 Å². The van der Waals surface area contributed by atoms with Crippen molar-refractivity contribution in [1.82, 2.24) is 4.90 Å². The second-order valence-corrected chi connectivity index (χ2v) is 5.28. The van der Waals surface area contributed by atoms with Crippen molar-refractivity contribution >= 4 is 0 Å². The quantitative estimate of drug-likeness (QED) is 0.646. The first-order chi connectivity index (χ1) is 5.26. The SMILES string of the molecule is CC(C)N1CC(O)(C(C)(C)C)C1. The molecular weight excluding hydrogens is 150 g/mol. The minimum atomic E-state index is -0.461. The highest BCUT2D eigenvalue weighted by Gasteiger charge is 2.50. The molecule has 0 saturated carbocycles. The average molecular weight is 171 g/mol. The predicted molar refractivity (Wildman–Crippen MR) is 51.1 cm³/mol. The molecule has 72 valence electrons.